The Morgan fingerprint density at radius 1 is 1.57 bits per heavy atom. The zero-order valence-electron chi connectivity index (χ0n) is 7.46. The molecule has 0 saturated heterocycles. The SMILES string of the molecule is O=CC1NCCc2c1ccc(F)c2O. The van der Waals surface area contributed by atoms with Crippen molar-refractivity contribution in [2.24, 2.45) is 0 Å². The van der Waals surface area contributed by atoms with Gasteiger partial charge < -0.3 is 15.2 Å². The van der Waals surface area contributed by atoms with Gasteiger partial charge in [-0.2, -0.15) is 0 Å². The highest BCUT2D eigenvalue weighted by atomic mass is 19.1. The third kappa shape index (κ3) is 1.28. The van der Waals surface area contributed by atoms with E-state index in [0.717, 1.165) is 6.29 Å². The second-order valence-corrected chi connectivity index (χ2v) is 3.28. The fourth-order valence-corrected chi connectivity index (χ4v) is 1.76. The molecule has 1 unspecified atom stereocenters. The van der Waals surface area contributed by atoms with Crippen molar-refractivity contribution in [2.45, 2.75) is 12.5 Å². The van der Waals surface area contributed by atoms with E-state index >= 15 is 0 Å². The lowest BCUT2D eigenvalue weighted by Crippen LogP contribution is -2.30. The zero-order chi connectivity index (χ0) is 10.1. The van der Waals surface area contributed by atoms with Crippen molar-refractivity contribution in [2.75, 3.05) is 6.54 Å². The summed E-state index contributed by atoms with van der Waals surface area (Å²) in [6.07, 6.45) is 1.30. The number of hydrogen-bond acceptors (Lipinski definition) is 3. The number of aldehydes is 1. The van der Waals surface area contributed by atoms with Crippen LogP contribution in [0.2, 0.25) is 0 Å². The minimum absolute atomic E-state index is 0.323. The van der Waals surface area contributed by atoms with Gasteiger partial charge in [0, 0.05) is 12.1 Å². The summed E-state index contributed by atoms with van der Waals surface area (Å²) >= 11 is 0. The maximum absolute atomic E-state index is 13.0. The Hall–Kier alpha value is -1.42. The molecule has 74 valence electrons. The third-order valence-electron chi connectivity index (χ3n) is 2.48. The van der Waals surface area contributed by atoms with Crippen LogP contribution in [0.1, 0.15) is 17.2 Å². The van der Waals surface area contributed by atoms with E-state index < -0.39 is 11.9 Å². The van der Waals surface area contributed by atoms with Gasteiger partial charge in [0.25, 0.3) is 0 Å². The zero-order valence-corrected chi connectivity index (χ0v) is 7.46. The van der Waals surface area contributed by atoms with Crippen LogP contribution in [-0.4, -0.2) is 17.9 Å². The van der Waals surface area contributed by atoms with Crippen LogP contribution in [0.15, 0.2) is 12.1 Å². The van der Waals surface area contributed by atoms with Gasteiger partial charge >= 0.3 is 0 Å². The number of halogens is 1. The normalized spacial score (nSPS) is 20.2. The molecule has 0 fully saturated rings. The summed E-state index contributed by atoms with van der Waals surface area (Å²) in [5.74, 6) is -0.953. The van der Waals surface area contributed by atoms with Crippen LogP contribution >= 0.6 is 0 Å². The molecule has 1 aromatic rings. The minimum Gasteiger partial charge on any atom is -0.505 e. The average Bonchev–Trinajstić information content (AvgIpc) is 2.23. The highest BCUT2D eigenvalue weighted by Crippen LogP contribution is 2.30. The standard InChI is InChI=1S/C10H10FNO2/c11-8-2-1-6-7(10(8)14)3-4-12-9(6)5-13/h1-2,5,9,12,14H,3-4H2. The molecule has 0 bridgehead atoms. The average molecular weight is 195 g/mol. The first-order valence-corrected chi connectivity index (χ1v) is 4.43. The summed E-state index contributed by atoms with van der Waals surface area (Å²) in [5.41, 5.74) is 1.21. The Balaban J connectivity index is 2.55. The summed E-state index contributed by atoms with van der Waals surface area (Å²) in [7, 11) is 0. The van der Waals surface area contributed by atoms with Crippen LogP contribution in [0.25, 0.3) is 0 Å². The van der Waals surface area contributed by atoms with E-state index in [1.165, 1.54) is 12.1 Å². The molecule has 1 aliphatic heterocycles. The van der Waals surface area contributed by atoms with E-state index in [4.69, 9.17) is 0 Å². The van der Waals surface area contributed by atoms with Crippen molar-refractivity contribution in [1.82, 2.24) is 5.32 Å². The number of fused-ring (bicyclic) bond motifs is 1. The number of aromatic hydroxyl groups is 1. The van der Waals surface area contributed by atoms with Gasteiger partial charge in [0.05, 0.1) is 6.04 Å². The van der Waals surface area contributed by atoms with E-state index in [1.807, 2.05) is 0 Å². The maximum Gasteiger partial charge on any atom is 0.165 e. The first-order valence-electron chi connectivity index (χ1n) is 4.43. The van der Waals surface area contributed by atoms with Crippen molar-refractivity contribution >= 4 is 6.29 Å². The molecule has 2 N–H and O–H groups in total. The Labute approximate surface area is 80.6 Å². The first-order chi connectivity index (χ1) is 6.74. The van der Waals surface area contributed by atoms with Crippen molar-refractivity contribution in [1.29, 1.82) is 0 Å². The monoisotopic (exact) mass is 195 g/mol. The lowest BCUT2D eigenvalue weighted by molar-refractivity contribution is -0.109. The lowest BCUT2D eigenvalue weighted by Gasteiger charge is -2.23. The third-order valence-corrected chi connectivity index (χ3v) is 2.48. The molecule has 0 amide bonds. The molecule has 4 heteroatoms. The van der Waals surface area contributed by atoms with Crippen LogP contribution in [0.5, 0.6) is 5.75 Å². The molecule has 3 nitrogen and oxygen atoms in total. The highest BCUT2D eigenvalue weighted by molar-refractivity contribution is 5.64. The molecular weight excluding hydrogens is 185 g/mol. The van der Waals surface area contributed by atoms with Crippen LogP contribution < -0.4 is 5.32 Å². The van der Waals surface area contributed by atoms with Crippen LogP contribution in [0, 0.1) is 5.82 Å². The Kier molecular flexibility index (Phi) is 2.21. The second-order valence-electron chi connectivity index (χ2n) is 3.28. The van der Waals surface area contributed by atoms with Crippen molar-refractivity contribution in [3.05, 3.63) is 29.1 Å². The van der Waals surface area contributed by atoms with Gasteiger partial charge in [-0.3, -0.25) is 0 Å². The van der Waals surface area contributed by atoms with Gasteiger partial charge in [-0.25, -0.2) is 4.39 Å². The molecule has 1 atom stereocenters. The summed E-state index contributed by atoms with van der Waals surface area (Å²) < 4.78 is 13.0. The molecular formula is C10H10FNO2. The Morgan fingerprint density at radius 3 is 3.07 bits per heavy atom. The number of phenols is 1. The molecule has 1 aliphatic rings. The summed E-state index contributed by atoms with van der Waals surface area (Å²) in [5, 5.41) is 12.4. The van der Waals surface area contributed by atoms with Crippen LogP contribution in [0.4, 0.5) is 4.39 Å². The van der Waals surface area contributed by atoms with E-state index in [0.29, 0.717) is 24.1 Å². The number of carbonyl (C=O) groups excluding carboxylic acids is 1. The fraction of sp³-hybridized carbons (Fsp3) is 0.300. The molecule has 1 heterocycles. The number of phenolic OH excluding ortho intramolecular Hbond substituents is 1. The molecule has 2 rings (SSSR count). The number of hydrogen-bond donors (Lipinski definition) is 2. The molecule has 14 heavy (non-hydrogen) atoms. The van der Waals surface area contributed by atoms with Gasteiger partial charge in [-0.1, -0.05) is 6.07 Å². The molecule has 0 spiro atoms. The topological polar surface area (TPSA) is 49.3 Å². The van der Waals surface area contributed by atoms with Crippen LogP contribution in [0.3, 0.4) is 0 Å². The van der Waals surface area contributed by atoms with E-state index in [-0.39, 0.29) is 5.75 Å². The lowest BCUT2D eigenvalue weighted by atomic mass is 9.94. The van der Waals surface area contributed by atoms with Crippen molar-refractivity contribution in [3.63, 3.8) is 0 Å². The van der Waals surface area contributed by atoms with Crippen molar-refractivity contribution in [3.8, 4) is 5.75 Å². The summed E-state index contributed by atoms with van der Waals surface area (Å²) in [4.78, 5) is 10.7. The predicted molar refractivity (Wildman–Crippen MR) is 48.6 cm³/mol. The summed E-state index contributed by atoms with van der Waals surface area (Å²) in [6.45, 7) is 0.577. The largest absolute Gasteiger partial charge is 0.505 e. The minimum atomic E-state index is -0.629. The van der Waals surface area contributed by atoms with Gasteiger partial charge in [-0.15, -0.1) is 0 Å². The fourth-order valence-electron chi connectivity index (χ4n) is 1.76. The van der Waals surface area contributed by atoms with Gasteiger partial charge in [0.15, 0.2) is 11.6 Å². The smallest absolute Gasteiger partial charge is 0.165 e. The summed E-state index contributed by atoms with van der Waals surface area (Å²) in [6, 6.07) is 2.29. The number of benzene rings is 1. The molecule has 1 aromatic carbocycles. The predicted octanol–water partition coefficient (Wildman–Crippen LogP) is 0.917. The quantitative estimate of drug-likeness (QED) is 0.655. The van der Waals surface area contributed by atoms with E-state index in [1.54, 1.807) is 0 Å². The first kappa shape index (κ1) is 9.15. The van der Waals surface area contributed by atoms with Gasteiger partial charge in [0.2, 0.25) is 0 Å². The van der Waals surface area contributed by atoms with Crippen LogP contribution in [-0.2, 0) is 11.2 Å². The molecule has 0 aliphatic carbocycles. The Morgan fingerprint density at radius 2 is 2.36 bits per heavy atom. The van der Waals surface area contributed by atoms with E-state index in [9.17, 15) is 14.3 Å². The van der Waals surface area contributed by atoms with Gasteiger partial charge in [-0.05, 0) is 18.1 Å². The van der Waals surface area contributed by atoms with E-state index in [2.05, 4.69) is 5.32 Å². The number of rotatable bonds is 1. The molecule has 0 aromatic heterocycles. The molecule has 0 radical (unpaired) electrons. The number of carbonyl (C=O) groups is 1. The number of nitrogens with one attached hydrogen (secondary N) is 1. The molecule has 0 saturated carbocycles. The van der Waals surface area contributed by atoms with Gasteiger partial charge in [0.1, 0.15) is 6.29 Å². The Bertz CT molecular complexity index is 379. The van der Waals surface area contributed by atoms with Crippen molar-refractivity contribution < 1.29 is 14.3 Å². The second kappa shape index (κ2) is 3.38. The highest BCUT2D eigenvalue weighted by Gasteiger charge is 2.22. The maximum atomic E-state index is 13.0.